The van der Waals surface area contributed by atoms with E-state index in [4.69, 9.17) is 0 Å². The number of benzene rings is 2. The standard InChI is InChI=1S/C25H30N4O2/c30-23(22-17-21(22)19-7-3-1-4-8-19)26-13-16-28-14-11-25(12-15-28)24(31)27-18-29(25)20-9-5-2-6-10-20/h1-10,21-22H,11-18H2,(H,26,30)(H,27,31)/t21-,22?/m0/s1. The van der Waals surface area contributed by atoms with Crippen molar-refractivity contribution in [3.8, 4) is 0 Å². The maximum atomic E-state index is 12.7. The summed E-state index contributed by atoms with van der Waals surface area (Å²) in [7, 11) is 0. The largest absolute Gasteiger partial charge is 0.355 e. The van der Waals surface area contributed by atoms with Gasteiger partial charge in [0.1, 0.15) is 5.54 Å². The summed E-state index contributed by atoms with van der Waals surface area (Å²) in [5.74, 6) is 0.812. The third-order valence-electron chi connectivity index (χ3n) is 7.17. The molecule has 1 unspecified atom stereocenters. The van der Waals surface area contributed by atoms with Crippen molar-refractivity contribution in [1.29, 1.82) is 0 Å². The summed E-state index contributed by atoms with van der Waals surface area (Å²) >= 11 is 0. The maximum absolute atomic E-state index is 12.7. The smallest absolute Gasteiger partial charge is 0.247 e. The number of carbonyl (C=O) groups excluding carboxylic acids is 2. The summed E-state index contributed by atoms with van der Waals surface area (Å²) in [5.41, 5.74) is 1.92. The second-order valence-electron chi connectivity index (χ2n) is 8.95. The number of amides is 2. The van der Waals surface area contributed by atoms with Crippen LogP contribution in [0.2, 0.25) is 0 Å². The van der Waals surface area contributed by atoms with Crippen LogP contribution in [0.25, 0.3) is 0 Å². The Balaban J connectivity index is 1.10. The van der Waals surface area contributed by atoms with E-state index in [9.17, 15) is 9.59 Å². The highest BCUT2D eigenvalue weighted by Crippen LogP contribution is 2.47. The minimum atomic E-state index is -0.446. The zero-order valence-corrected chi connectivity index (χ0v) is 17.8. The van der Waals surface area contributed by atoms with Crippen molar-refractivity contribution in [2.24, 2.45) is 5.92 Å². The van der Waals surface area contributed by atoms with E-state index in [1.807, 2.05) is 36.4 Å². The summed E-state index contributed by atoms with van der Waals surface area (Å²) < 4.78 is 0. The Morgan fingerprint density at radius 2 is 1.71 bits per heavy atom. The summed E-state index contributed by atoms with van der Waals surface area (Å²) in [6, 6.07) is 20.5. The lowest BCUT2D eigenvalue weighted by molar-refractivity contribution is -0.125. The van der Waals surface area contributed by atoms with E-state index < -0.39 is 5.54 Å². The molecule has 1 saturated carbocycles. The molecule has 2 aromatic rings. The fourth-order valence-corrected chi connectivity index (χ4v) is 5.20. The van der Waals surface area contributed by atoms with Gasteiger partial charge in [0, 0.05) is 37.8 Å². The van der Waals surface area contributed by atoms with Crippen molar-refractivity contribution in [1.82, 2.24) is 15.5 Å². The number of anilines is 1. The number of likely N-dealkylation sites (tertiary alicyclic amines) is 1. The first kappa shape index (κ1) is 20.1. The molecule has 2 atom stereocenters. The van der Waals surface area contributed by atoms with E-state index >= 15 is 0 Å². The van der Waals surface area contributed by atoms with Gasteiger partial charge in [0.25, 0.3) is 0 Å². The molecule has 2 aliphatic heterocycles. The van der Waals surface area contributed by atoms with Gasteiger partial charge in [-0.3, -0.25) is 9.59 Å². The first-order chi connectivity index (χ1) is 15.2. The van der Waals surface area contributed by atoms with Crippen LogP contribution in [0.1, 0.15) is 30.7 Å². The first-order valence-electron chi connectivity index (χ1n) is 11.3. The Hall–Kier alpha value is -2.86. The molecule has 2 saturated heterocycles. The topological polar surface area (TPSA) is 64.7 Å². The lowest BCUT2D eigenvalue weighted by atomic mass is 9.85. The third-order valence-corrected chi connectivity index (χ3v) is 7.17. The van der Waals surface area contributed by atoms with Gasteiger partial charge in [-0.25, -0.2) is 0 Å². The van der Waals surface area contributed by atoms with Crippen molar-refractivity contribution in [2.75, 3.05) is 37.7 Å². The summed E-state index contributed by atoms with van der Waals surface area (Å²) in [5, 5.41) is 6.18. The van der Waals surface area contributed by atoms with Gasteiger partial charge >= 0.3 is 0 Å². The second-order valence-corrected chi connectivity index (χ2v) is 8.95. The highest BCUT2D eigenvalue weighted by atomic mass is 16.2. The number of nitrogens with one attached hydrogen (secondary N) is 2. The van der Waals surface area contributed by atoms with Crippen molar-refractivity contribution in [3.63, 3.8) is 0 Å². The molecule has 0 aromatic heterocycles. The molecule has 162 valence electrons. The minimum absolute atomic E-state index is 0.119. The molecule has 31 heavy (non-hydrogen) atoms. The Morgan fingerprint density at radius 3 is 2.42 bits per heavy atom. The number of hydrogen-bond acceptors (Lipinski definition) is 4. The van der Waals surface area contributed by atoms with Gasteiger partial charge in [0.05, 0.1) is 6.67 Å². The van der Waals surface area contributed by atoms with Gasteiger partial charge in [-0.2, -0.15) is 0 Å². The van der Waals surface area contributed by atoms with Crippen LogP contribution in [0, 0.1) is 5.92 Å². The van der Waals surface area contributed by atoms with Crippen LogP contribution in [0.3, 0.4) is 0 Å². The predicted octanol–water partition coefficient (Wildman–Crippen LogP) is 2.33. The monoisotopic (exact) mass is 418 g/mol. The van der Waals surface area contributed by atoms with Crippen LogP contribution in [-0.4, -0.2) is 55.1 Å². The lowest BCUT2D eigenvalue weighted by Crippen LogP contribution is -2.57. The van der Waals surface area contributed by atoms with Gasteiger partial charge < -0.3 is 20.4 Å². The Labute approximate surface area is 183 Å². The molecule has 6 nitrogen and oxygen atoms in total. The predicted molar refractivity (Wildman–Crippen MR) is 121 cm³/mol. The normalized spacial score (nSPS) is 24.8. The number of rotatable bonds is 6. The SMILES string of the molecule is O=C(NCCN1CCC2(CC1)C(=O)NCN2c1ccccc1)C1C[C@H]1c1ccccc1. The van der Waals surface area contributed by atoms with Gasteiger partial charge in [-0.05, 0) is 42.9 Å². The van der Waals surface area contributed by atoms with E-state index in [2.05, 4.69) is 44.7 Å². The van der Waals surface area contributed by atoms with Gasteiger partial charge in [0.15, 0.2) is 0 Å². The molecule has 3 aliphatic rings. The van der Waals surface area contributed by atoms with Crippen molar-refractivity contribution in [3.05, 3.63) is 66.2 Å². The van der Waals surface area contributed by atoms with Gasteiger partial charge in [-0.15, -0.1) is 0 Å². The average molecular weight is 419 g/mol. The van der Waals surface area contributed by atoms with Crippen LogP contribution in [0.5, 0.6) is 0 Å². The zero-order chi connectivity index (χ0) is 21.3. The summed E-state index contributed by atoms with van der Waals surface area (Å²) in [6.07, 6.45) is 2.56. The highest BCUT2D eigenvalue weighted by molar-refractivity contribution is 5.93. The van der Waals surface area contributed by atoms with Crippen LogP contribution >= 0.6 is 0 Å². The number of para-hydroxylation sites is 1. The van der Waals surface area contributed by atoms with Crippen molar-refractivity contribution in [2.45, 2.75) is 30.7 Å². The average Bonchev–Trinajstić information content (AvgIpc) is 3.56. The molecular weight excluding hydrogens is 388 g/mol. The van der Waals surface area contributed by atoms with E-state index in [1.54, 1.807) is 0 Å². The second kappa shape index (κ2) is 8.35. The van der Waals surface area contributed by atoms with Gasteiger partial charge in [-0.1, -0.05) is 48.5 Å². The molecular formula is C25H30N4O2. The summed E-state index contributed by atoms with van der Waals surface area (Å²) in [6.45, 7) is 3.80. The number of nitrogens with zero attached hydrogens (tertiary/aromatic N) is 2. The summed E-state index contributed by atoms with van der Waals surface area (Å²) in [4.78, 5) is 29.8. The molecule has 0 bridgehead atoms. The zero-order valence-electron chi connectivity index (χ0n) is 17.8. The first-order valence-corrected chi connectivity index (χ1v) is 11.3. The molecule has 2 aromatic carbocycles. The van der Waals surface area contributed by atoms with Crippen LogP contribution in [0.15, 0.2) is 60.7 Å². The number of carbonyl (C=O) groups is 2. The molecule has 1 spiro atoms. The van der Waals surface area contributed by atoms with E-state index in [0.29, 0.717) is 19.1 Å². The lowest BCUT2D eigenvalue weighted by Gasteiger charge is -2.43. The molecule has 6 heteroatoms. The number of hydrogen-bond donors (Lipinski definition) is 2. The van der Waals surface area contributed by atoms with Crippen LogP contribution in [0.4, 0.5) is 5.69 Å². The van der Waals surface area contributed by atoms with Gasteiger partial charge in [0.2, 0.25) is 11.8 Å². The molecule has 2 heterocycles. The Kier molecular flexibility index (Phi) is 5.40. The molecule has 0 radical (unpaired) electrons. The Bertz CT molecular complexity index is 925. The fourth-order valence-electron chi connectivity index (χ4n) is 5.20. The molecule has 5 rings (SSSR count). The van der Waals surface area contributed by atoms with E-state index in [-0.39, 0.29) is 17.7 Å². The van der Waals surface area contributed by atoms with Crippen LogP contribution < -0.4 is 15.5 Å². The molecule has 1 aliphatic carbocycles. The fraction of sp³-hybridized carbons (Fsp3) is 0.440. The van der Waals surface area contributed by atoms with Crippen LogP contribution in [-0.2, 0) is 9.59 Å². The third kappa shape index (κ3) is 3.92. The number of piperidine rings is 1. The molecule has 3 fully saturated rings. The molecule has 2 amide bonds. The minimum Gasteiger partial charge on any atom is -0.355 e. The van der Waals surface area contributed by atoms with Crippen molar-refractivity contribution >= 4 is 17.5 Å². The quantitative estimate of drug-likeness (QED) is 0.756. The highest BCUT2D eigenvalue weighted by Gasteiger charge is 2.50. The van der Waals surface area contributed by atoms with Crippen molar-refractivity contribution < 1.29 is 9.59 Å². The van der Waals surface area contributed by atoms with E-state index in [1.165, 1.54) is 5.56 Å². The molecule has 2 N–H and O–H groups in total. The Morgan fingerprint density at radius 1 is 1.03 bits per heavy atom. The van der Waals surface area contributed by atoms with E-state index in [0.717, 1.165) is 44.6 Å². The maximum Gasteiger partial charge on any atom is 0.247 e.